The largest absolute Gasteiger partial charge is 0.369 e. The predicted octanol–water partition coefficient (Wildman–Crippen LogP) is 1.87. The Labute approximate surface area is 110 Å². The maximum atomic E-state index is 4.38. The molecule has 4 nitrogen and oxygen atoms in total. The van der Waals surface area contributed by atoms with E-state index < -0.39 is 0 Å². The second kappa shape index (κ2) is 6.05. The standard InChI is InChI=1S/C12H18N4.C2H6/c1-9-8-16(7-6-13-9)11-3-5-15-12-10(11)2-4-14-12;1-2/h3,5,9,13H,2,4,6-8H2,1H3,(H,14,15);1-2H3. The first-order valence-corrected chi connectivity index (χ1v) is 7.04. The van der Waals surface area contributed by atoms with Crippen molar-refractivity contribution in [3.05, 3.63) is 17.8 Å². The van der Waals surface area contributed by atoms with Gasteiger partial charge in [-0.25, -0.2) is 4.98 Å². The average Bonchev–Trinajstić information content (AvgIpc) is 2.89. The van der Waals surface area contributed by atoms with Gasteiger partial charge < -0.3 is 15.5 Å². The van der Waals surface area contributed by atoms with E-state index in [0.717, 1.165) is 38.4 Å². The Bertz CT molecular complexity index is 391. The van der Waals surface area contributed by atoms with Gasteiger partial charge in [-0.1, -0.05) is 13.8 Å². The second-order valence-corrected chi connectivity index (χ2v) is 4.64. The molecule has 0 radical (unpaired) electrons. The summed E-state index contributed by atoms with van der Waals surface area (Å²) in [5.74, 6) is 1.09. The summed E-state index contributed by atoms with van der Waals surface area (Å²) in [4.78, 5) is 6.86. The van der Waals surface area contributed by atoms with Gasteiger partial charge >= 0.3 is 0 Å². The van der Waals surface area contributed by atoms with Crippen LogP contribution in [0.25, 0.3) is 0 Å². The second-order valence-electron chi connectivity index (χ2n) is 4.64. The number of rotatable bonds is 1. The lowest BCUT2D eigenvalue weighted by atomic mass is 10.1. The lowest BCUT2D eigenvalue weighted by molar-refractivity contribution is 0.484. The molecule has 0 spiro atoms. The van der Waals surface area contributed by atoms with E-state index in [9.17, 15) is 0 Å². The number of nitrogens with zero attached hydrogens (tertiary/aromatic N) is 2. The normalized spacial score (nSPS) is 21.7. The molecular formula is C14H24N4. The van der Waals surface area contributed by atoms with E-state index >= 15 is 0 Å². The summed E-state index contributed by atoms with van der Waals surface area (Å²) in [6, 6.07) is 2.73. The number of piperazine rings is 1. The summed E-state index contributed by atoms with van der Waals surface area (Å²) in [5, 5.41) is 6.81. The molecule has 0 amide bonds. The molecule has 18 heavy (non-hydrogen) atoms. The minimum Gasteiger partial charge on any atom is -0.369 e. The smallest absolute Gasteiger partial charge is 0.131 e. The number of anilines is 2. The maximum Gasteiger partial charge on any atom is 0.131 e. The van der Waals surface area contributed by atoms with Crippen molar-refractivity contribution in [1.29, 1.82) is 0 Å². The number of hydrogen-bond donors (Lipinski definition) is 2. The molecule has 4 heteroatoms. The number of pyridine rings is 1. The third-order valence-corrected chi connectivity index (χ3v) is 3.41. The van der Waals surface area contributed by atoms with Crippen molar-refractivity contribution in [3.63, 3.8) is 0 Å². The van der Waals surface area contributed by atoms with Gasteiger partial charge in [-0.2, -0.15) is 0 Å². The number of nitrogens with one attached hydrogen (secondary N) is 2. The molecule has 1 saturated heterocycles. The Morgan fingerprint density at radius 2 is 2.17 bits per heavy atom. The Balaban J connectivity index is 0.000000574. The molecule has 100 valence electrons. The fraction of sp³-hybridized carbons (Fsp3) is 0.643. The summed E-state index contributed by atoms with van der Waals surface area (Å²) in [6.45, 7) is 10.5. The number of aromatic nitrogens is 1. The molecular weight excluding hydrogens is 224 g/mol. The molecule has 1 fully saturated rings. The highest BCUT2D eigenvalue weighted by Crippen LogP contribution is 2.30. The molecule has 1 aromatic heterocycles. The highest BCUT2D eigenvalue weighted by molar-refractivity contribution is 5.66. The molecule has 2 aliphatic heterocycles. The van der Waals surface area contributed by atoms with Crippen LogP contribution in [0.3, 0.4) is 0 Å². The van der Waals surface area contributed by atoms with Crippen LogP contribution in [0.4, 0.5) is 11.5 Å². The molecule has 0 saturated carbocycles. The Morgan fingerprint density at radius 1 is 1.33 bits per heavy atom. The Kier molecular flexibility index (Phi) is 4.42. The molecule has 3 heterocycles. The van der Waals surface area contributed by atoms with Gasteiger partial charge in [-0.15, -0.1) is 0 Å². The van der Waals surface area contributed by atoms with Crippen LogP contribution < -0.4 is 15.5 Å². The first kappa shape index (κ1) is 13.1. The van der Waals surface area contributed by atoms with Crippen molar-refractivity contribution in [3.8, 4) is 0 Å². The zero-order valence-electron chi connectivity index (χ0n) is 11.7. The van der Waals surface area contributed by atoms with Crippen LogP contribution in [0.5, 0.6) is 0 Å². The highest BCUT2D eigenvalue weighted by Gasteiger charge is 2.22. The molecule has 1 aromatic rings. The van der Waals surface area contributed by atoms with E-state index in [-0.39, 0.29) is 0 Å². The molecule has 3 rings (SSSR count). The van der Waals surface area contributed by atoms with Gasteiger partial charge in [0.2, 0.25) is 0 Å². The minimum atomic E-state index is 0.576. The molecule has 1 unspecified atom stereocenters. The SMILES string of the molecule is CC.CC1CN(c2ccnc3c2CCN3)CCN1. The first-order valence-electron chi connectivity index (χ1n) is 7.04. The third kappa shape index (κ3) is 2.58. The third-order valence-electron chi connectivity index (χ3n) is 3.41. The fourth-order valence-corrected chi connectivity index (χ4v) is 2.63. The summed E-state index contributed by atoms with van der Waals surface area (Å²) in [7, 11) is 0. The molecule has 2 aliphatic rings. The van der Waals surface area contributed by atoms with Gasteiger partial charge in [0.15, 0.2) is 0 Å². The van der Waals surface area contributed by atoms with E-state index in [4.69, 9.17) is 0 Å². The van der Waals surface area contributed by atoms with Crippen molar-refractivity contribution < 1.29 is 0 Å². The summed E-state index contributed by atoms with van der Waals surface area (Å²) < 4.78 is 0. The Hall–Kier alpha value is -1.29. The van der Waals surface area contributed by atoms with E-state index in [0.29, 0.717) is 6.04 Å². The van der Waals surface area contributed by atoms with Gasteiger partial charge in [0.05, 0.1) is 0 Å². The molecule has 0 aromatic carbocycles. The van der Waals surface area contributed by atoms with Crippen molar-refractivity contribution >= 4 is 11.5 Å². The van der Waals surface area contributed by atoms with Crippen molar-refractivity contribution in [2.24, 2.45) is 0 Å². The number of hydrogen-bond acceptors (Lipinski definition) is 4. The van der Waals surface area contributed by atoms with Crippen LogP contribution in [0, 0.1) is 0 Å². The summed E-state index contributed by atoms with van der Waals surface area (Å²) in [6.07, 6.45) is 3.02. The first-order chi connectivity index (χ1) is 8.84. The van der Waals surface area contributed by atoms with Crippen LogP contribution >= 0.6 is 0 Å². The van der Waals surface area contributed by atoms with Crippen LogP contribution in [0.15, 0.2) is 12.3 Å². The van der Waals surface area contributed by atoms with Crippen LogP contribution in [0.2, 0.25) is 0 Å². The molecule has 0 bridgehead atoms. The highest BCUT2D eigenvalue weighted by atomic mass is 15.2. The van der Waals surface area contributed by atoms with Crippen LogP contribution in [-0.2, 0) is 6.42 Å². The van der Waals surface area contributed by atoms with Gasteiger partial charge in [0.1, 0.15) is 5.82 Å². The number of fused-ring (bicyclic) bond motifs is 1. The molecule has 1 atom stereocenters. The van der Waals surface area contributed by atoms with Gasteiger partial charge in [-0.05, 0) is 19.4 Å². The summed E-state index contributed by atoms with van der Waals surface area (Å²) in [5.41, 5.74) is 2.78. The molecule has 0 aliphatic carbocycles. The van der Waals surface area contributed by atoms with Gasteiger partial charge in [0.25, 0.3) is 0 Å². The average molecular weight is 248 g/mol. The zero-order chi connectivity index (χ0) is 13.0. The van der Waals surface area contributed by atoms with Gasteiger partial charge in [0, 0.05) is 49.7 Å². The topological polar surface area (TPSA) is 40.2 Å². The maximum absolute atomic E-state index is 4.38. The minimum absolute atomic E-state index is 0.576. The van der Waals surface area contributed by atoms with Crippen LogP contribution in [-0.4, -0.2) is 37.2 Å². The monoisotopic (exact) mass is 248 g/mol. The van der Waals surface area contributed by atoms with E-state index in [1.165, 1.54) is 11.3 Å². The van der Waals surface area contributed by atoms with E-state index in [1.54, 1.807) is 0 Å². The van der Waals surface area contributed by atoms with E-state index in [1.807, 2.05) is 20.0 Å². The van der Waals surface area contributed by atoms with Crippen molar-refractivity contribution in [1.82, 2.24) is 10.3 Å². The lowest BCUT2D eigenvalue weighted by Gasteiger charge is -2.34. The quantitative estimate of drug-likeness (QED) is 0.796. The lowest BCUT2D eigenvalue weighted by Crippen LogP contribution is -2.49. The predicted molar refractivity (Wildman–Crippen MR) is 77.5 cm³/mol. The Morgan fingerprint density at radius 3 is 2.94 bits per heavy atom. The summed E-state index contributed by atoms with van der Waals surface area (Å²) >= 11 is 0. The zero-order valence-corrected chi connectivity index (χ0v) is 11.7. The van der Waals surface area contributed by atoms with Crippen molar-refractivity contribution in [2.75, 3.05) is 36.4 Å². The van der Waals surface area contributed by atoms with Crippen molar-refractivity contribution in [2.45, 2.75) is 33.2 Å². The van der Waals surface area contributed by atoms with Crippen LogP contribution in [0.1, 0.15) is 26.3 Å². The van der Waals surface area contributed by atoms with E-state index in [2.05, 4.69) is 33.5 Å². The van der Waals surface area contributed by atoms with Gasteiger partial charge in [-0.3, -0.25) is 0 Å². The fourth-order valence-electron chi connectivity index (χ4n) is 2.63. The molecule has 2 N–H and O–H groups in total.